The summed E-state index contributed by atoms with van der Waals surface area (Å²) in [7, 11) is -2.89. The van der Waals surface area contributed by atoms with Gasteiger partial charge in [0.1, 0.15) is 15.7 Å². The lowest BCUT2D eigenvalue weighted by Gasteiger charge is -2.16. The molecule has 1 N–H and O–H groups in total. The Morgan fingerprint density at radius 3 is 2.44 bits per heavy atom. The van der Waals surface area contributed by atoms with Crippen LogP contribution in [0.25, 0.3) is 0 Å². The van der Waals surface area contributed by atoms with Crippen LogP contribution in [0.15, 0.2) is 12.4 Å². The molecule has 1 rings (SSSR count). The van der Waals surface area contributed by atoms with Gasteiger partial charge in [-0.05, 0) is 31.9 Å². The molecule has 0 radical (unpaired) electrons. The lowest BCUT2D eigenvalue weighted by molar-refractivity contribution is 0.483. The molecule has 0 amide bonds. The summed E-state index contributed by atoms with van der Waals surface area (Å²) in [6, 6.07) is 0.0253. The maximum Gasteiger partial charge on any atom is 0.147 e. The number of aromatic nitrogens is 2. The standard InChI is InChI=1S/C12H21N3O2S/c1-4-13-11(6-5-7-18(3,16)17)12-14-8-10(2)9-15-12/h8-9,11,13H,4-7H2,1-3H3. The van der Waals surface area contributed by atoms with Crippen LogP contribution in [0.4, 0.5) is 0 Å². The molecule has 0 aromatic carbocycles. The first-order chi connectivity index (χ1) is 8.42. The van der Waals surface area contributed by atoms with Gasteiger partial charge in [-0.2, -0.15) is 0 Å². The van der Waals surface area contributed by atoms with Gasteiger partial charge in [0.2, 0.25) is 0 Å². The lowest BCUT2D eigenvalue weighted by atomic mass is 10.1. The molecule has 18 heavy (non-hydrogen) atoms. The minimum atomic E-state index is -2.89. The molecule has 1 heterocycles. The summed E-state index contributed by atoms with van der Waals surface area (Å²) in [6.07, 6.45) is 6.17. The zero-order chi connectivity index (χ0) is 13.6. The molecular weight excluding hydrogens is 250 g/mol. The molecule has 0 aliphatic rings. The second kappa shape index (κ2) is 6.80. The first-order valence-electron chi connectivity index (χ1n) is 6.12. The van der Waals surface area contributed by atoms with E-state index in [0.717, 1.165) is 24.4 Å². The fraction of sp³-hybridized carbons (Fsp3) is 0.667. The smallest absolute Gasteiger partial charge is 0.147 e. The molecule has 102 valence electrons. The van der Waals surface area contributed by atoms with Crippen molar-refractivity contribution >= 4 is 9.84 Å². The minimum absolute atomic E-state index is 0.0253. The summed E-state index contributed by atoms with van der Waals surface area (Å²) in [5, 5.41) is 3.28. The Bertz CT molecular complexity index is 457. The molecule has 1 atom stereocenters. The third-order valence-electron chi connectivity index (χ3n) is 2.57. The predicted octanol–water partition coefficient (Wildman–Crippen LogP) is 1.26. The average Bonchev–Trinajstić information content (AvgIpc) is 2.27. The number of hydrogen-bond acceptors (Lipinski definition) is 5. The van der Waals surface area contributed by atoms with Crippen LogP contribution in [0.5, 0.6) is 0 Å². The number of rotatable bonds is 7. The van der Waals surface area contributed by atoms with Gasteiger partial charge in [0.25, 0.3) is 0 Å². The number of nitrogens with zero attached hydrogens (tertiary/aromatic N) is 2. The van der Waals surface area contributed by atoms with E-state index in [1.807, 2.05) is 13.8 Å². The minimum Gasteiger partial charge on any atom is -0.308 e. The maximum absolute atomic E-state index is 11.1. The van der Waals surface area contributed by atoms with Gasteiger partial charge in [0.15, 0.2) is 0 Å². The van der Waals surface area contributed by atoms with Crippen LogP contribution in [0.1, 0.15) is 37.2 Å². The molecule has 6 heteroatoms. The van der Waals surface area contributed by atoms with E-state index in [1.165, 1.54) is 6.26 Å². The van der Waals surface area contributed by atoms with Crippen LogP contribution in [-0.2, 0) is 9.84 Å². The van der Waals surface area contributed by atoms with E-state index in [-0.39, 0.29) is 11.8 Å². The van der Waals surface area contributed by atoms with Crippen LogP contribution < -0.4 is 5.32 Å². The Labute approximate surface area is 109 Å². The van der Waals surface area contributed by atoms with Crippen molar-refractivity contribution in [2.45, 2.75) is 32.7 Å². The van der Waals surface area contributed by atoms with Gasteiger partial charge in [-0.3, -0.25) is 0 Å². The van der Waals surface area contributed by atoms with Gasteiger partial charge in [0, 0.05) is 24.4 Å². The number of hydrogen-bond donors (Lipinski definition) is 1. The van der Waals surface area contributed by atoms with Crippen molar-refractivity contribution in [2.75, 3.05) is 18.6 Å². The molecular formula is C12H21N3O2S. The highest BCUT2D eigenvalue weighted by Crippen LogP contribution is 2.14. The Morgan fingerprint density at radius 1 is 1.33 bits per heavy atom. The highest BCUT2D eigenvalue weighted by Gasteiger charge is 2.14. The third kappa shape index (κ3) is 5.55. The van der Waals surface area contributed by atoms with Crippen molar-refractivity contribution in [3.8, 4) is 0 Å². The average molecular weight is 271 g/mol. The lowest BCUT2D eigenvalue weighted by Crippen LogP contribution is -2.23. The second-order valence-electron chi connectivity index (χ2n) is 4.50. The number of nitrogens with one attached hydrogen (secondary N) is 1. The van der Waals surface area contributed by atoms with Crippen molar-refractivity contribution in [1.29, 1.82) is 0 Å². The van der Waals surface area contributed by atoms with E-state index in [1.54, 1.807) is 12.4 Å². The molecule has 1 aromatic heterocycles. The van der Waals surface area contributed by atoms with Crippen molar-refractivity contribution in [3.63, 3.8) is 0 Å². The van der Waals surface area contributed by atoms with Gasteiger partial charge in [0.05, 0.1) is 6.04 Å². The van der Waals surface area contributed by atoms with Crippen LogP contribution in [0, 0.1) is 6.92 Å². The molecule has 0 fully saturated rings. The molecule has 0 aliphatic heterocycles. The highest BCUT2D eigenvalue weighted by atomic mass is 32.2. The molecule has 0 aliphatic carbocycles. The third-order valence-corrected chi connectivity index (χ3v) is 3.60. The van der Waals surface area contributed by atoms with E-state index >= 15 is 0 Å². The fourth-order valence-corrected chi connectivity index (χ4v) is 2.39. The van der Waals surface area contributed by atoms with Gasteiger partial charge in [-0.1, -0.05) is 6.92 Å². The topological polar surface area (TPSA) is 72.0 Å². The predicted molar refractivity (Wildman–Crippen MR) is 72.1 cm³/mol. The largest absolute Gasteiger partial charge is 0.308 e. The van der Waals surface area contributed by atoms with Crippen molar-refractivity contribution in [1.82, 2.24) is 15.3 Å². The monoisotopic (exact) mass is 271 g/mol. The van der Waals surface area contributed by atoms with Crippen LogP contribution in [0.2, 0.25) is 0 Å². The Hall–Kier alpha value is -1.01. The molecule has 5 nitrogen and oxygen atoms in total. The van der Waals surface area contributed by atoms with Crippen LogP contribution in [0.3, 0.4) is 0 Å². The zero-order valence-corrected chi connectivity index (χ0v) is 12.0. The summed E-state index contributed by atoms with van der Waals surface area (Å²) >= 11 is 0. The van der Waals surface area contributed by atoms with Crippen molar-refractivity contribution < 1.29 is 8.42 Å². The van der Waals surface area contributed by atoms with E-state index in [0.29, 0.717) is 6.42 Å². The molecule has 0 saturated carbocycles. The van der Waals surface area contributed by atoms with E-state index in [4.69, 9.17) is 0 Å². The molecule has 1 unspecified atom stereocenters. The van der Waals surface area contributed by atoms with E-state index in [9.17, 15) is 8.42 Å². The normalized spacial score (nSPS) is 13.5. The molecule has 0 saturated heterocycles. The molecule has 0 bridgehead atoms. The summed E-state index contributed by atoms with van der Waals surface area (Å²) < 4.78 is 22.2. The summed E-state index contributed by atoms with van der Waals surface area (Å²) in [5.41, 5.74) is 1.02. The molecule has 0 spiro atoms. The zero-order valence-electron chi connectivity index (χ0n) is 11.2. The maximum atomic E-state index is 11.1. The quantitative estimate of drug-likeness (QED) is 0.808. The van der Waals surface area contributed by atoms with Gasteiger partial charge in [-0.15, -0.1) is 0 Å². The SMILES string of the molecule is CCNC(CCCS(C)(=O)=O)c1ncc(C)cn1. The highest BCUT2D eigenvalue weighted by molar-refractivity contribution is 7.90. The Kier molecular flexibility index (Phi) is 5.68. The summed E-state index contributed by atoms with van der Waals surface area (Å²) in [5.74, 6) is 0.941. The first-order valence-corrected chi connectivity index (χ1v) is 8.18. The molecule has 1 aromatic rings. The Balaban J connectivity index is 2.62. The second-order valence-corrected chi connectivity index (χ2v) is 6.76. The fourth-order valence-electron chi connectivity index (χ4n) is 1.70. The summed E-state index contributed by atoms with van der Waals surface area (Å²) in [6.45, 7) is 4.76. The number of sulfone groups is 1. The van der Waals surface area contributed by atoms with E-state index in [2.05, 4.69) is 15.3 Å². The van der Waals surface area contributed by atoms with Gasteiger partial charge < -0.3 is 5.32 Å². The number of aryl methyl sites for hydroxylation is 1. The van der Waals surface area contributed by atoms with Crippen molar-refractivity contribution in [2.24, 2.45) is 0 Å². The Morgan fingerprint density at radius 2 is 1.94 bits per heavy atom. The van der Waals surface area contributed by atoms with Crippen LogP contribution >= 0.6 is 0 Å². The summed E-state index contributed by atoms with van der Waals surface area (Å²) in [4.78, 5) is 8.58. The first kappa shape index (κ1) is 15.0. The van der Waals surface area contributed by atoms with Crippen molar-refractivity contribution in [3.05, 3.63) is 23.8 Å². The van der Waals surface area contributed by atoms with Crippen LogP contribution in [-0.4, -0.2) is 36.9 Å². The van der Waals surface area contributed by atoms with Gasteiger partial charge >= 0.3 is 0 Å². The van der Waals surface area contributed by atoms with Gasteiger partial charge in [-0.25, -0.2) is 18.4 Å². The van der Waals surface area contributed by atoms with E-state index < -0.39 is 9.84 Å².